The molecule has 1 aliphatic rings. The molecule has 0 aliphatic carbocycles. The Morgan fingerprint density at radius 1 is 1.20 bits per heavy atom. The molecule has 0 bridgehead atoms. The smallest absolute Gasteiger partial charge is 0.313 e. The summed E-state index contributed by atoms with van der Waals surface area (Å²) in [6.07, 6.45) is -3.94. The Balaban J connectivity index is 0.00000196. The summed E-state index contributed by atoms with van der Waals surface area (Å²) in [5, 5.41) is -1.77. The first-order valence-corrected chi connectivity index (χ1v) is 5.13. The van der Waals surface area contributed by atoms with Gasteiger partial charge in [0.15, 0.2) is 0 Å². The summed E-state index contributed by atoms with van der Waals surface area (Å²) < 4.78 is 59.9. The van der Waals surface area contributed by atoms with Crippen LogP contribution in [0.4, 0.5) is 22.0 Å². The highest BCUT2D eigenvalue weighted by atomic mass is 35.5. The van der Waals surface area contributed by atoms with E-state index in [1.807, 2.05) is 0 Å². The lowest BCUT2D eigenvalue weighted by Gasteiger charge is -2.20. The van der Waals surface area contributed by atoms with Gasteiger partial charge in [-0.05, 0) is 19.4 Å². The van der Waals surface area contributed by atoms with Crippen LogP contribution in [-0.2, 0) is 0 Å². The fourth-order valence-corrected chi connectivity index (χ4v) is 2.04. The zero-order valence-corrected chi connectivity index (χ0v) is 9.25. The van der Waals surface area contributed by atoms with Crippen LogP contribution in [0, 0.1) is 0 Å². The summed E-state index contributed by atoms with van der Waals surface area (Å²) in [5.41, 5.74) is 0. The van der Waals surface area contributed by atoms with Gasteiger partial charge in [0.05, 0.1) is 0 Å². The minimum absolute atomic E-state index is 0. The van der Waals surface area contributed by atoms with Crippen LogP contribution >= 0.6 is 24.2 Å². The first kappa shape index (κ1) is 15.2. The first-order valence-electron chi connectivity index (χ1n) is 4.15. The van der Waals surface area contributed by atoms with E-state index in [1.165, 1.54) is 0 Å². The molecule has 1 nitrogen and oxygen atoms in total. The molecule has 1 rings (SSSR count). The van der Waals surface area contributed by atoms with Gasteiger partial charge in [-0.2, -0.15) is 22.0 Å². The van der Waals surface area contributed by atoms with E-state index in [9.17, 15) is 22.0 Å². The maximum absolute atomic E-state index is 12.4. The fraction of sp³-hybridized carbons (Fsp3) is 1.00. The number of rotatable bonds is 3. The Bertz CT molecular complexity index is 192. The molecule has 0 saturated carbocycles. The summed E-state index contributed by atoms with van der Waals surface area (Å²) >= 11 is -0.338. The second-order valence-electron chi connectivity index (χ2n) is 3.12. The molecule has 0 aromatic rings. The van der Waals surface area contributed by atoms with E-state index in [4.69, 9.17) is 0 Å². The number of alkyl halides is 5. The van der Waals surface area contributed by atoms with Gasteiger partial charge < -0.3 is 5.32 Å². The van der Waals surface area contributed by atoms with E-state index in [0.717, 1.165) is 6.42 Å². The van der Waals surface area contributed by atoms with Crippen molar-refractivity contribution in [3.05, 3.63) is 0 Å². The lowest BCUT2D eigenvalue weighted by Crippen LogP contribution is -2.35. The highest BCUT2D eigenvalue weighted by Crippen LogP contribution is 2.44. The van der Waals surface area contributed by atoms with E-state index < -0.39 is 11.4 Å². The van der Waals surface area contributed by atoms with Gasteiger partial charge in [0.25, 0.3) is 0 Å². The highest BCUT2D eigenvalue weighted by Gasteiger charge is 2.58. The third-order valence-corrected chi connectivity index (χ3v) is 3.12. The molecule has 1 N–H and O–H groups in total. The summed E-state index contributed by atoms with van der Waals surface area (Å²) in [4.78, 5) is 0. The number of hydrogen-bond donors (Lipinski definition) is 1. The average Bonchev–Trinajstić information content (AvgIpc) is 2.50. The molecule has 1 aliphatic heterocycles. The highest BCUT2D eigenvalue weighted by molar-refractivity contribution is 8.00. The lowest BCUT2D eigenvalue weighted by molar-refractivity contribution is -0.237. The van der Waals surface area contributed by atoms with Crippen molar-refractivity contribution in [1.29, 1.82) is 0 Å². The van der Waals surface area contributed by atoms with Gasteiger partial charge in [-0.25, -0.2) is 0 Å². The maximum Gasteiger partial charge on any atom is 0.464 e. The molecule has 0 aromatic heterocycles. The first-order chi connectivity index (χ1) is 6.33. The quantitative estimate of drug-likeness (QED) is 0.792. The standard InChI is InChI=1S/C7H10F5NS.ClH/c8-6(9,10)7(11,12)14-4-5-2-1-3-13-5;/h5,13H,1-4H2;1H. The van der Waals surface area contributed by atoms with E-state index in [-0.39, 0.29) is 36.0 Å². The van der Waals surface area contributed by atoms with Crippen LogP contribution in [0.25, 0.3) is 0 Å². The minimum Gasteiger partial charge on any atom is -0.313 e. The van der Waals surface area contributed by atoms with Crippen molar-refractivity contribution in [2.45, 2.75) is 30.3 Å². The van der Waals surface area contributed by atoms with Crippen molar-refractivity contribution in [2.24, 2.45) is 0 Å². The SMILES string of the molecule is Cl.FC(F)(F)C(F)(F)SCC1CCCN1. The molecule has 1 fully saturated rings. The second kappa shape index (κ2) is 5.54. The Kier molecular flexibility index (Phi) is 5.63. The van der Waals surface area contributed by atoms with Gasteiger partial charge in [0.2, 0.25) is 0 Å². The summed E-state index contributed by atoms with van der Waals surface area (Å²) in [7, 11) is 0. The average molecular weight is 272 g/mol. The van der Waals surface area contributed by atoms with Crippen molar-refractivity contribution < 1.29 is 22.0 Å². The van der Waals surface area contributed by atoms with Crippen molar-refractivity contribution in [2.75, 3.05) is 12.3 Å². The maximum atomic E-state index is 12.4. The molecular formula is C7H11ClF5NS. The van der Waals surface area contributed by atoms with Gasteiger partial charge in [-0.15, -0.1) is 12.4 Å². The van der Waals surface area contributed by atoms with Crippen LogP contribution < -0.4 is 5.32 Å². The molecule has 1 atom stereocenters. The molecule has 0 aromatic carbocycles. The van der Waals surface area contributed by atoms with Gasteiger partial charge in [-0.1, -0.05) is 11.8 Å². The third kappa shape index (κ3) is 4.32. The normalized spacial score (nSPS) is 22.6. The minimum atomic E-state index is -5.45. The Labute approximate surface area is 94.6 Å². The van der Waals surface area contributed by atoms with Crippen molar-refractivity contribution in [3.8, 4) is 0 Å². The van der Waals surface area contributed by atoms with Crippen LogP contribution in [0.1, 0.15) is 12.8 Å². The lowest BCUT2D eigenvalue weighted by atomic mass is 10.3. The molecule has 15 heavy (non-hydrogen) atoms. The summed E-state index contributed by atoms with van der Waals surface area (Å²) in [6.45, 7) is 0.697. The third-order valence-electron chi connectivity index (χ3n) is 1.96. The second-order valence-corrected chi connectivity index (χ2v) is 4.25. The van der Waals surface area contributed by atoms with Crippen LogP contribution in [0.5, 0.6) is 0 Å². The summed E-state index contributed by atoms with van der Waals surface area (Å²) in [6, 6.07) is -0.215. The molecule has 1 saturated heterocycles. The van der Waals surface area contributed by atoms with Crippen LogP contribution in [0.3, 0.4) is 0 Å². The topological polar surface area (TPSA) is 12.0 Å². The molecule has 0 radical (unpaired) electrons. The zero-order chi connectivity index (χ0) is 10.8. The van der Waals surface area contributed by atoms with Crippen LogP contribution in [0.15, 0.2) is 0 Å². The molecule has 8 heteroatoms. The predicted molar refractivity (Wildman–Crippen MR) is 51.7 cm³/mol. The Morgan fingerprint density at radius 2 is 1.80 bits per heavy atom. The number of thioether (sulfide) groups is 1. The van der Waals surface area contributed by atoms with Crippen molar-refractivity contribution in [1.82, 2.24) is 5.32 Å². The number of hydrogen-bond acceptors (Lipinski definition) is 2. The number of nitrogens with one attached hydrogen (secondary N) is 1. The van der Waals surface area contributed by atoms with Crippen molar-refractivity contribution >= 4 is 24.2 Å². The van der Waals surface area contributed by atoms with Gasteiger partial charge in [0.1, 0.15) is 0 Å². The fourth-order valence-electron chi connectivity index (χ4n) is 1.19. The van der Waals surface area contributed by atoms with Crippen LogP contribution in [-0.4, -0.2) is 29.8 Å². The Morgan fingerprint density at radius 3 is 2.20 bits per heavy atom. The Hall–Kier alpha value is 0.250. The zero-order valence-electron chi connectivity index (χ0n) is 7.61. The van der Waals surface area contributed by atoms with Crippen molar-refractivity contribution in [3.63, 3.8) is 0 Å². The van der Waals surface area contributed by atoms with E-state index in [1.54, 1.807) is 0 Å². The molecule has 92 valence electrons. The van der Waals surface area contributed by atoms with Gasteiger partial charge in [-0.3, -0.25) is 0 Å². The predicted octanol–water partition coefficient (Wildman–Crippen LogP) is 3.05. The largest absolute Gasteiger partial charge is 0.464 e. The van der Waals surface area contributed by atoms with E-state index in [2.05, 4.69) is 5.32 Å². The number of halogens is 6. The molecule has 1 heterocycles. The monoisotopic (exact) mass is 271 g/mol. The van der Waals surface area contributed by atoms with Crippen LogP contribution in [0.2, 0.25) is 0 Å². The van der Waals surface area contributed by atoms with E-state index >= 15 is 0 Å². The molecule has 1 unspecified atom stereocenters. The van der Waals surface area contributed by atoms with Gasteiger partial charge >= 0.3 is 11.4 Å². The molecular weight excluding hydrogens is 261 g/mol. The molecule has 0 amide bonds. The summed E-state index contributed by atoms with van der Waals surface area (Å²) in [5.74, 6) is -0.202. The van der Waals surface area contributed by atoms with Gasteiger partial charge in [0, 0.05) is 11.8 Å². The molecule has 0 spiro atoms. The van der Waals surface area contributed by atoms with E-state index in [0.29, 0.717) is 13.0 Å².